The van der Waals surface area contributed by atoms with Crippen LogP contribution in [0.25, 0.3) is 11.4 Å². The lowest BCUT2D eigenvalue weighted by atomic mass is 10.1. The van der Waals surface area contributed by atoms with E-state index in [1.165, 1.54) is 16.7 Å². The van der Waals surface area contributed by atoms with E-state index in [9.17, 15) is 22.8 Å². The molecule has 0 atom stereocenters. The lowest BCUT2D eigenvalue weighted by molar-refractivity contribution is -0.140. The van der Waals surface area contributed by atoms with E-state index in [4.69, 9.17) is 4.74 Å². The molecule has 1 aromatic carbocycles. The van der Waals surface area contributed by atoms with Gasteiger partial charge in [0.05, 0.1) is 18.5 Å². The SMILES string of the molecule is Cn1ccc(C#CC(=O)Nc2cc(-c3ncc(C(F)(F)F)[nH]3)ccc2OCC2CCCC2)cc1=O. The number of carbonyl (C=O) groups excluding carboxylic acids is 1. The number of nitrogens with zero attached hydrogens (tertiary/aromatic N) is 2. The van der Waals surface area contributed by atoms with Gasteiger partial charge in [0.15, 0.2) is 0 Å². The van der Waals surface area contributed by atoms with Crippen molar-refractivity contribution in [3.63, 3.8) is 0 Å². The summed E-state index contributed by atoms with van der Waals surface area (Å²) in [5.74, 6) is 5.20. The summed E-state index contributed by atoms with van der Waals surface area (Å²) in [4.78, 5) is 30.3. The van der Waals surface area contributed by atoms with Crippen LogP contribution in [-0.4, -0.2) is 27.0 Å². The van der Waals surface area contributed by atoms with E-state index in [0.717, 1.165) is 25.7 Å². The standard InChI is InChI=1S/C25H23F3N4O3/c1-32-11-10-16(12-23(32)34)6-9-22(33)30-19-13-18(24-29-14-21(31-24)25(26,27)28)7-8-20(19)35-15-17-4-2-3-5-17/h7-8,10-14,17H,2-5,15H2,1H3,(H,29,31)(H,30,33). The van der Waals surface area contributed by atoms with Crippen LogP contribution in [0.5, 0.6) is 5.75 Å². The number of hydrogen-bond donors (Lipinski definition) is 2. The second-order valence-electron chi connectivity index (χ2n) is 8.38. The van der Waals surface area contributed by atoms with E-state index in [-0.39, 0.29) is 17.1 Å². The van der Waals surface area contributed by atoms with Gasteiger partial charge < -0.3 is 19.6 Å². The average Bonchev–Trinajstić information content (AvgIpc) is 3.51. The number of benzene rings is 1. The predicted octanol–water partition coefficient (Wildman–Crippen LogP) is 4.35. The number of aryl methyl sites for hydroxylation is 1. The molecule has 2 N–H and O–H groups in total. The van der Waals surface area contributed by atoms with Gasteiger partial charge in [0.1, 0.15) is 17.3 Å². The highest BCUT2D eigenvalue weighted by atomic mass is 19.4. The van der Waals surface area contributed by atoms with Crippen LogP contribution in [0.3, 0.4) is 0 Å². The van der Waals surface area contributed by atoms with Crippen LogP contribution in [0.15, 0.2) is 47.5 Å². The number of pyridine rings is 1. The van der Waals surface area contributed by atoms with Crippen LogP contribution in [-0.2, 0) is 18.0 Å². The number of carbonyl (C=O) groups is 1. The minimum absolute atomic E-state index is 0.00128. The fourth-order valence-electron chi connectivity index (χ4n) is 3.81. The average molecular weight is 484 g/mol. The van der Waals surface area contributed by atoms with Gasteiger partial charge in [0.2, 0.25) is 0 Å². The van der Waals surface area contributed by atoms with Crippen molar-refractivity contribution in [3.05, 3.63) is 64.3 Å². The third kappa shape index (κ3) is 6.12. The van der Waals surface area contributed by atoms with Crippen molar-refractivity contribution >= 4 is 11.6 Å². The van der Waals surface area contributed by atoms with Crippen molar-refractivity contribution in [1.29, 1.82) is 0 Å². The molecular weight excluding hydrogens is 461 g/mol. The van der Waals surface area contributed by atoms with E-state index >= 15 is 0 Å². The van der Waals surface area contributed by atoms with Crippen LogP contribution in [0.4, 0.5) is 18.9 Å². The van der Waals surface area contributed by atoms with Crippen LogP contribution in [0.1, 0.15) is 36.9 Å². The second-order valence-corrected chi connectivity index (χ2v) is 8.38. The molecule has 1 amide bonds. The summed E-state index contributed by atoms with van der Waals surface area (Å²) < 4.78 is 46.2. The number of alkyl halides is 3. The maximum atomic E-state index is 13.0. The molecule has 3 aromatic rings. The summed E-state index contributed by atoms with van der Waals surface area (Å²) in [6.07, 6.45) is 2.13. The van der Waals surface area contributed by atoms with Crippen molar-refractivity contribution in [1.82, 2.24) is 14.5 Å². The Morgan fingerprint density at radius 1 is 1.26 bits per heavy atom. The molecule has 1 aliphatic carbocycles. The number of nitrogens with one attached hydrogen (secondary N) is 2. The van der Waals surface area contributed by atoms with Crippen molar-refractivity contribution < 1.29 is 22.7 Å². The zero-order valence-electron chi connectivity index (χ0n) is 18.9. The largest absolute Gasteiger partial charge is 0.491 e. The lowest BCUT2D eigenvalue weighted by Crippen LogP contribution is -2.15. The Kier molecular flexibility index (Phi) is 6.96. The molecule has 1 fully saturated rings. The molecule has 0 radical (unpaired) electrons. The molecule has 1 saturated carbocycles. The summed E-state index contributed by atoms with van der Waals surface area (Å²) in [6, 6.07) is 7.56. The molecule has 0 bridgehead atoms. The summed E-state index contributed by atoms with van der Waals surface area (Å²) in [7, 11) is 1.60. The summed E-state index contributed by atoms with van der Waals surface area (Å²) >= 11 is 0. The third-order valence-corrected chi connectivity index (χ3v) is 5.76. The number of ether oxygens (including phenoxy) is 1. The molecule has 0 spiro atoms. The number of halogens is 3. The van der Waals surface area contributed by atoms with Crippen LogP contribution < -0.4 is 15.6 Å². The van der Waals surface area contributed by atoms with Crippen molar-refractivity contribution in [3.8, 4) is 29.0 Å². The molecule has 35 heavy (non-hydrogen) atoms. The number of amides is 1. The van der Waals surface area contributed by atoms with Crippen molar-refractivity contribution in [2.75, 3.05) is 11.9 Å². The highest BCUT2D eigenvalue weighted by Gasteiger charge is 2.33. The van der Waals surface area contributed by atoms with Gasteiger partial charge in [-0.3, -0.25) is 9.59 Å². The number of anilines is 1. The lowest BCUT2D eigenvalue weighted by Gasteiger charge is -2.15. The zero-order chi connectivity index (χ0) is 25.0. The highest BCUT2D eigenvalue weighted by molar-refractivity contribution is 6.05. The van der Waals surface area contributed by atoms with Gasteiger partial charge in [0.25, 0.3) is 5.56 Å². The molecular formula is C25H23F3N4O3. The number of H-pyrrole nitrogens is 1. The molecule has 2 heterocycles. The maximum Gasteiger partial charge on any atom is 0.432 e. The number of aromatic amines is 1. The third-order valence-electron chi connectivity index (χ3n) is 5.76. The van der Waals surface area contributed by atoms with Gasteiger partial charge in [-0.15, -0.1) is 0 Å². The summed E-state index contributed by atoms with van der Waals surface area (Å²) in [6.45, 7) is 0.472. The van der Waals surface area contributed by atoms with Crippen LogP contribution in [0, 0.1) is 17.8 Å². The Hall–Kier alpha value is -4.00. The molecule has 0 unspecified atom stereocenters. The summed E-state index contributed by atoms with van der Waals surface area (Å²) in [5, 5.41) is 2.64. The van der Waals surface area contributed by atoms with Gasteiger partial charge >= 0.3 is 12.1 Å². The predicted molar refractivity (Wildman–Crippen MR) is 124 cm³/mol. The quantitative estimate of drug-likeness (QED) is 0.527. The number of hydrogen-bond acceptors (Lipinski definition) is 4. The van der Waals surface area contributed by atoms with Gasteiger partial charge in [-0.2, -0.15) is 13.2 Å². The minimum Gasteiger partial charge on any atom is -0.491 e. The molecule has 10 heteroatoms. The van der Waals surface area contributed by atoms with Gasteiger partial charge in [-0.1, -0.05) is 18.8 Å². The van der Waals surface area contributed by atoms with Crippen LogP contribution >= 0.6 is 0 Å². The number of imidazole rings is 1. The fourth-order valence-corrected chi connectivity index (χ4v) is 3.81. The van der Waals surface area contributed by atoms with Crippen molar-refractivity contribution in [2.45, 2.75) is 31.9 Å². The second kappa shape index (κ2) is 10.1. The van der Waals surface area contributed by atoms with Gasteiger partial charge in [-0.25, -0.2) is 4.98 Å². The first-order valence-corrected chi connectivity index (χ1v) is 11.1. The first-order valence-electron chi connectivity index (χ1n) is 11.1. The molecule has 0 aliphatic heterocycles. The minimum atomic E-state index is -4.55. The zero-order valence-corrected chi connectivity index (χ0v) is 18.9. The number of rotatable bonds is 5. The molecule has 182 valence electrons. The number of aromatic nitrogens is 3. The first-order chi connectivity index (χ1) is 16.7. The van der Waals surface area contributed by atoms with E-state index < -0.39 is 17.8 Å². The Bertz CT molecular complexity index is 1340. The molecule has 2 aromatic heterocycles. The Morgan fingerprint density at radius 2 is 2.03 bits per heavy atom. The summed E-state index contributed by atoms with van der Waals surface area (Å²) in [5.41, 5.74) is -0.258. The molecule has 4 rings (SSSR count). The smallest absolute Gasteiger partial charge is 0.432 e. The van der Waals surface area contributed by atoms with Gasteiger partial charge in [-0.05, 0) is 43.0 Å². The van der Waals surface area contributed by atoms with E-state index in [0.29, 0.717) is 35.6 Å². The highest BCUT2D eigenvalue weighted by Crippen LogP contribution is 2.34. The normalized spacial score (nSPS) is 13.8. The Labute approximate surface area is 199 Å². The van der Waals surface area contributed by atoms with Gasteiger partial charge in [0, 0.05) is 36.4 Å². The maximum absolute atomic E-state index is 13.0. The van der Waals surface area contributed by atoms with Crippen molar-refractivity contribution in [2.24, 2.45) is 13.0 Å². The molecule has 1 aliphatic rings. The molecule has 0 saturated heterocycles. The topological polar surface area (TPSA) is 89.0 Å². The van der Waals surface area contributed by atoms with E-state index in [2.05, 4.69) is 27.1 Å². The fraction of sp³-hybridized carbons (Fsp3) is 0.320. The molecule has 7 nitrogen and oxygen atoms in total. The monoisotopic (exact) mass is 484 g/mol. The van der Waals surface area contributed by atoms with E-state index in [1.54, 1.807) is 31.4 Å². The van der Waals surface area contributed by atoms with E-state index in [1.807, 2.05) is 0 Å². The Balaban J connectivity index is 1.58. The Morgan fingerprint density at radius 3 is 2.71 bits per heavy atom. The van der Waals surface area contributed by atoms with Crippen LogP contribution in [0.2, 0.25) is 0 Å². The first kappa shape index (κ1) is 24.1.